The summed E-state index contributed by atoms with van der Waals surface area (Å²) in [5, 5.41) is 3.63. The number of rotatable bonds is 2. The van der Waals surface area contributed by atoms with Gasteiger partial charge in [0.15, 0.2) is 0 Å². The van der Waals surface area contributed by atoms with Gasteiger partial charge in [-0.2, -0.15) is 0 Å². The van der Waals surface area contributed by atoms with Gasteiger partial charge < -0.3 is 5.32 Å². The third-order valence-corrected chi connectivity index (χ3v) is 4.00. The molecule has 0 spiro atoms. The van der Waals surface area contributed by atoms with Gasteiger partial charge in [-0.05, 0) is 68.9 Å². The van der Waals surface area contributed by atoms with Crippen molar-refractivity contribution in [3.63, 3.8) is 0 Å². The predicted molar refractivity (Wildman–Crippen MR) is 49.9 cm³/mol. The molecular formula is C11H19N. The van der Waals surface area contributed by atoms with Crippen molar-refractivity contribution in [2.45, 2.75) is 32.1 Å². The minimum atomic E-state index is 1.06. The Morgan fingerprint density at radius 2 is 1.17 bits per heavy atom. The molecule has 1 aliphatic heterocycles. The molecule has 0 aromatic rings. The topological polar surface area (TPSA) is 12.0 Å². The molecule has 3 rings (SSSR count). The Hall–Kier alpha value is -0.0400. The van der Waals surface area contributed by atoms with Crippen LogP contribution in [-0.4, -0.2) is 13.1 Å². The summed E-state index contributed by atoms with van der Waals surface area (Å²) < 4.78 is 0. The second-order valence-corrected chi connectivity index (χ2v) is 5.09. The summed E-state index contributed by atoms with van der Waals surface area (Å²) in [4.78, 5) is 0. The Balaban J connectivity index is 1.58. The van der Waals surface area contributed by atoms with E-state index in [0.717, 1.165) is 23.7 Å². The van der Waals surface area contributed by atoms with E-state index in [2.05, 4.69) is 5.32 Å². The predicted octanol–water partition coefficient (Wildman–Crippen LogP) is 2.03. The van der Waals surface area contributed by atoms with E-state index in [9.17, 15) is 0 Å². The number of hydrogen-bond donors (Lipinski definition) is 1. The van der Waals surface area contributed by atoms with Crippen molar-refractivity contribution in [1.29, 1.82) is 0 Å². The number of hydrogen-bond acceptors (Lipinski definition) is 1. The van der Waals surface area contributed by atoms with Gasteiger partial charge in [0, 0.05) is 0 Å². The van der Waals surface area contributed by atoms with Crippen LogP contribution in [0, 0.1) is 23.7 Å². The van der Waals surface area contributed by atoms with E-state index in [1.165, 1.54) is 38.8 Å². The smallest absolute Gasteiger partial charge is 0.00176 e. The SMILES string of the molecule is C1CC1C1CNCC(C2CC2)C1. The Bertz CT molecular complexity index is 152. The van der Waals surface area contributed by atoms with Gasteiger partial charge in [-0.3, -0.25) is 0 Å². The highest BCUT2D eigenvalue weighted by atomic mass is 14.9. The molecular weight excluding hydrogens is 146 g/mol. The van der Waals surface area contributed by atoms with Gasteiger partial charge in [-0.25, -0.2) is 0 Å². The Morgan fingerprint density at radius 1 is 0.667 bits per heavy atom. The lowest BCUT2D eigenvalue weighted by Gasteiger charge is -2.30. The summed E-state index contributed by atoms with van der Waals surface area (Å²) in [6.07, 6.45) is 7.68. The monoisotopic (exact) mass is 165 g/mol. The van der Waals surface area contributed by atoms with Crippen molar-refractivity contribution >= 4 is 0 Å². The summed E-state index contributed by atoms with van der Waals surface area (Å²) in [7, 11) is 0. The number of piperidine rings is 1. The summed E-state index contributed by atoms with van der Waals surface area (Å²) in [6, 6.07) is 0. The van der Waals surface area contributed by atoms with E-state index in [1.807, 2.05) is 0 Å². The van der Waals surface area contributed by atoms with Gasteiger partial charge >= 0.3 is 0 Å². The van der Waals surface area contributed by atoms with Crippen LogP contribution in [-0.2, 0) is 0 Å². The second-order valence-electron chi connectivity index (χ2n) is 5.09. The van der Waals surface area contributed by atoms with Crippen LogP contribution in [0.15, 0.2) is 0 Å². The molecule has 1 heterocycles. The Morgan fingerprint density at radius 3 is 1.58 bits per heavy atom. The maximum Gasteiger partial charge on any atom is -0.00176 e. The molecule has 0 amide bonds. The van der Waals surface area contributed by atoms with Crippen LogP contribution in [0.1, 0.15) is 32.1 Å². The molecule has 0 radical (unpaired) electrons. The van der Waals surface area contributed by atoms with E-state index < -0.39 is 0 Å². The first-order valence-electron chi connectivity index (χ1n) is 5.64. The molecule has 2 saturated carbocycles. The molecule has 0 bridgehead atoms. The van der Waals surface area contributed by atoms with Crippen LogP contribution in [0.25, 0.3) is 0 Å². The van der Waals surface area contributed by atoms with Crippen LogP contribution in [0.4, 0.5) is 0 Å². The average Bonchev–Trinajstić information content (AvgIpc) is 2.98. The molecule has 0 aromatic heterocycles. The number of nitrogens with one attached hydrogen (secondary N) is 1. The summed E-state index contributed by atoms with van der Waals surface area (Å²) in [5.74, 6) is 4.37. The lowest BCUT2D eigenvalue weighted by atomic mass is 9.85. The zero-order chi connectivity index (χ0) is 7.97. The van der Waals surface area contributed by atoms with Crippen molar-refractivity contribution in [3.8, 4) is 0 Å². The van der Waals surface area contributed by atoms with Crippen LogP contribution >= 0.6 is 0 Å². The zero-order valence-electron chi connectivity index (χ0n) is 7.76. The molecule has 68 valence electrons. The van der Waals surface area contributed by atoms with Crippen LogP contribution in [0.2, 0.25) is 0 Å². The Kier molecular flexibility index (Phi) is 1.68. The highest BCUT2D eigenvalue weighted by Crippen LogP contribution is 2.46. The maximum atomic E-state index is 3.63. The lowest BCUT2D eigenvalue weighted by Crippen LogP contribution is -2.37. The molecule has 2 aliphatic carbocycles. The van der Waals surface area contributed by atoms with Crippen LogP contribution < -0.4 is 5.32 Å². The van der Waals surface area contributed by atoms with Gasteiger partial charge in [0.1, 0.15) is 0 Å². The van der Waals surface area contributed by atoms with Crippen molar-refractivity contribution < 1.29 is 0 Å². The van der Waals surface area contributed by atoms with E-state index in [-0.39, 0.29) is 0 Å². The zero-order valence-corrected chi connectivity index (χ0v) is 7.76. The van der Waals surface area contributed by atoms with Crippen molar-refractivity contribution in [2.24, 2.45) is 23.7 Å². The summed E-state index contributed by atoms with van der Waals surface area (Å²) in [6.45, 7) is 2.65. The molecule has 2 atom stereocenters. The first-order valence-corrected chi connectivity index (χ1v) is 5.64. The highest BCUT2D eigenvalue weighted by Gasteiger charge is 2.39. The molecule has 1 nitrogen and oxygen atoms in total. The van der Waals surface area contributed by atoms with Gasteiger partial charge in [-0.15, -0.1) is 0 Å². The summed E-state index contributed by atoms with van der Waals surface area (Å²) in [5.41, 5.74) is 0. The van der Waals surface area contributed by atoms with Crippen molar-refractivity contribution in [3.05, 3.63) is 0 Å². The minimum absolute atomic E-state index is 1.06. The minimum Gasteiger partial charge on any atom is -0.316 e. The molecule has 12 heavy (non-hydrogen) atoms. The fourth-order valence-electron chi connectivity index (χ4n) is 2.86. The molecule has 1 saturated heterocycles. The van der Waals surface area contributed by atoms with E-state index in [4.69, 9.17) is 0 Å². The standard InChI is InChI=1S/C11H19N/c1-2-8(1)10-5-11(7-12-6-10)9-3-4-9/h8-12H,1-7H2. The second kappa shape index (κ2) is 2.73. The molecule has 0 aromatic carbocycles. The van der Waals surface area contributed by atoms with Crippen molar-refractivity contribution in [2.75, 3.05) is 13.1 Å². The van der Waals surface area contributed by atoms with E-state index in [0.29, 0.717) is 0 Å². The maximum absolute atomic E-state index is 3.63. The first kappa shape index (κ1) is 7.37. The first-order chi connectivity index (χ1) is 5.93. The molecule has 3 aliphatic rings. The third kappa shape index (κ3) is 1.39. The quantitative estimate of drug-likeness (QED) is 0.660. The van der Waals surface area contributed by atoms with Gasteiger partial charge in [0.2, 0.25) is 0 Å². The molecule has 1 N–H and O–H groups in total. The molecule has 2 unspecified atom stereocenters. The lowest BCUT2D eigenvalue weighted by molar-refractivity contribution is 0.241. The van der Waals surface area contributed by atoms with E-state index >= 15 is 0 Å². The van der Waals surface area contributed by atoms with Gasteiger partial charge in [0.25, 0.3) is 0 Å². The van der Waals surface area contributed by atoms with Gasteiger partial charge in [-0.1, -0.05) is 0 Å². The fourth-order valence-corrected chi connectivity index (χ4v) is 2.86. The van der Waals surface area contributed by atoms with E-state index in [1.54, 1.807) is 6.42 Å². The molecule has 3 fully saturated rings. The summed E-state index contributed by atoms with van der Waals surface area (Å²) >= 11 is 0. The average molecular weight is 165 g/mol. The largest absolute Gasteiger partial charge is 0.316 e. The Labute approximate surface area is 74.9 Å². The fraction of sp³-hybridized carbons (Fsp3) is 1.00. The molecule has 1 heteroatoms. The van der Waals surface area contributed by atoms with Crippen molar-refractivity contribution in [1.82, 2.24) is 5.32 Å². The van der Waals surface area contributed by atoms with Crippen LogP contribution in [0.3, 0.4) is 0 Å². The third-order valence-electron chi connectivity index (χ3n) is 4.00. The highest BCUT2D eigenvalue weighted by molar-refractivity contribution is 4.92. The van der Waals surface area contributed by atoms with Crippen LogP contribution in [0.5, 0.6) is 0 Å². The normalized spacial score (nSPS) is 43.0. The van der Waals surface area contributed by atoms with Gasteiger partial charge in [0.05, 0.1) is 0 Å².